The monoisotopic (exact) mass is 476 g/mol. The number of piperazine rings is 1. The van der Waals surface area contributed by atoms with Crippen LogP contribution in [0.2, 0.25) is 5.02 Å². The third-order valence-corrected chi connectivity index (χ3v) is 5.53. The normalized spacial score (nSPS) is 19.1. The molecule has 0 radical (unpaired) electrons. The fourth-order valence-corrected chi connectivity index (χ4v) is 3.85. The lowest BCUT2D eigenvalue weighted by molar-refractivity contribution is 0.000636. The van der Waals surface area contributed by atoms with Gasteiger partial charge in [-0.05, 0) is 74.4 Å². The van der Waals surface area contributed by atoms with E-state index in [0.717, 1.165) is 16.4 Å². The first kappa shape index (κ1) is 18.8. The maximum absolute atomic E-state index is 13.0. The highest BCUT2D eigenvalue weighted by atomic mass is 127. The second-order valence-corrected chi connectivity index (χ2v) is 9.36. The number of carbonyl (C=O) groups excluding carboxylic acids is 2. The maximum atomic E-state index is 13.0. The summed E-state index contributed by atoms with van der Waals surface area (Å²) in [7, 11) is 0. The minimum absolute atomic E-state index is 0.0511. The second kappa shape index (κ2) is 6.61. The number of ether oxygens (including phenoxy) is 1. The number of amides is 2. The molecule has 0 unspecified atom stereocenters. The van der Waals surface area contributed by atoms with E-state index in [2.05, 4.69) is 22.6 Å². The molecule has 25 heavy (non-hydrogen) atoms. The number of hydrogen-bond acceptors (Lipinski definition) is 3. The van der Waals surface area contributed by atoms with Crippen molar-refractivity contribution in [1.29, 1.82) is 0 Å². The van der Waals surface area contributed by atoms with E-state index in [1.54, 1.807) is 11.0 Å². The molecule has 5 nitrogen and oxygen atoms in total. The van der Waals surface area contributed by atoms with Crippen molar-refractivity contribution in [2.75, 3.05) is 19.6 Å². The second-order valence-electron chi connectivity index (χ2n) is 7.71. The fourth-order valence-electron chi connectivity index (χ4n) is 3.16. The zero-order valence-corrected chi connectivity index (χ0v) is 17.6. The molecule has 1 spiro atoms. The predicted molar refractivity (Wildman–Crippen MR) is 105 cm³/mol. The lowest BCUT2D eigenvalue weighted by Crippen LogP contribution is -2.58. The van der Waals surface area contributed by atoms with Crippen molar-refractivity contribution >= 4 is 46.2 Å². The highest BCUT2D eigenvalue weighted by Gasteiger charge is 2.54. The lowest BCUT2D eigenvalue weighted by atomic mass is 10.1. The van der Waals surface area contributed by atoms with Gasteiger partial charge in [0.1, 0.15) is 5.60 Å². The molecule has 136 valence electrons. The third kappa shape index (κ3) is 4.05. The van der Waals surface area contributed by atoms with Crippen molar-refractivity contribution in [3.63, 3.8) is 0 Å². The molecule has 0 N–H and O–H groups in total. The van der Waals surface area contributed by atoms with E-state index < -0.39 is 5.60 Å². The van der Waals surface area contributed by atoms with E-state index in [4.69, 9.17) is 16.3 Å². The molecule has 1 aromatic carbocycles. The molecule has 0 aromatic heterocycles. The summed E-state index contributed by atoms with van der Waals surface area (Å²) in [5, 5.41) is 0.468. The summed E-state index contributed by atoms with van der Waals surface area (Å²) >= 11 is 8.42. The highest BCUT2D eigenvalue weighted by Crippen LogP contribution is 2.45. The Hall–Kier alpha value is -1.02. The average molecular weight is 477 g/mol. The molecule has 2 amide bonds. The van der Waals surface area contributed by atoms with Crippen LogP contribution in [0, 0.1) is 3.57 Å². The summed E-state index contributed by atoms with van der Waals surface area (Å²) in [6.45, 7) is 7.07. The molecule has 7 heteroatoms. The van der Waals surface area contributed by atoms with Gasteiger partial charge >= 0.3 is 6.09 Å². The maximum Gasteiger partial charge on any atom is 0.410 e. The van der Waals surface area contributed by atoms with Gasteiger partial charge in [0, 0.05) is 23.2 Å². The van der Waals surface area contributed by atoms with E-state index in [-0.39, 0.29) is 17.5 Å². The van der Waals surface area contributed by atoms with Gasteiger partial charge in [0.05, 0.1) is 16.1 Å². The van der Waals surface area contributed by atoms with Crippen LogP contribution < -0.4 is 0 Å². The van der Waals surface area contributed by atoms with Crippen LogP contribution >= 0.6 is 34.2 Å². The van der Waals surface area contributed by atoms with Gasteiger partial charge in [0.15, 0.2) is 0 Å². The topological polar surface area (TPSA) is 49.9 Å². The van der Waals surface area contributed by atoms with Crippen LogP contribution in [0.4, 0.5) is 4.79 Å². The van der Waals surface area contributed by atoms with Crippen LogP contribution in [0.3, 0.4) is 0 Å². The highest BCUT2D eigenvalue weighted by molar-refractivity contribution is 14.1. The Morgan fingerprint density at radius 1 is 1.24 bits per heavy atom. The van der Waals surface area contributed by atoms with Crippen LogP contribution in [0.15, 0.2) is 18.2 Å². The Kier molecular flexibility index (Phi) is 4.96. The quantitative estimate of drug-likeness (QED) is 0.572. The number of benzene rings is 1. The molecule has 2 fully saturated rings. The minimum atomic E-state index is -0.519. The standard InChI is InChI=1S/C18H22ClIN2O3/c1-17(2,3)25-16(24)21-8-9-22(18(11-21)6-7-18)15(23)13-10-12(20)4-5-14(13)19/h4-5,10H,6-9,11H2,1-3H3. The first-order valence-corrected chi connectivity index (χ1v) is 9.82. The van der Waals surface area contributed by atoms with Gasteiger partial charge in [-0.3, -0.25) is 4.79 Å². The van der Waals surface area contributed by atoms with Crippen molar-refractivity contribution in [3.8, 4) is 0 Å². The van der Waals surface area contributed by atoms with Crippen LogP contribution in [0.25, 0.3) is 0 Å². The zero-order chi connectivity index (χ0) is 18.4. The molecule has 1 aliphatic carbocycles. The third-order valence-electron chi connectivity index (χ3n) is 4.53. The molecule has 0 bridgehead atoms. The summed E-state index contributed by atoms with van der Waals surface area (Å²) in [6, 6.07) is 5.46. The lowest BCUT2D eigenvalue weighted by Gasteiger charge is -2.42. The van der Waals surface area contributed by atoms with Gasteiger partial charge in [-0.25, -0.2) is 4.79 Å². The number of hydrogen-bond donors (Lipinski definition) is 0. The number of nitrogens with zero attached hydrogens (tertiary/aromatic N) is 2. The predicted octanol–water partition coefficient (Wildman–Crippen LogP) is 4.17. The smallest absolute Gasteiger partial charge is 0.410 e. The molecule has 1 heterocycles. The van der Waals surface area contributed by atoms with Crippen LogP contribution in [-0.4, -0.2) is 52.6 Å². The van der Waals surface area contributed by atoms with E-state index in [0.29, 0.717) is 30.2 Å². The minimum Gasteiger partial charge on any atom is -0.444 e. The molecule has 0 atom stereocenters. The van der Waals surface area contributed by atoms with Crippen LogP contribution in [0.5, 0.6) is 0 Å². The van der Waals surface area contributed by atoms with Crippen molar-refractivity contribution in [3.05, 3.63) is 32.4 Å². The summed E-state index contributed by atoms with van der Waals surface area (Å²) in [5.74, 6) is -0.0511. The summed E-state index contributed by atoms with van der Waals surface area (Å²) < 4.78 is 6.45. The Labute approximate surface area is 166 Å². The summed E-state index contributed by atoms with van der Waals surface area (Å²) in [4.78, 5) is 29.0. The Morgan fingerprint density at radius 3 is 2.52 bits per heavy atom. The van der Waals surface area contributed by atoms with E-state index in [9.17, 15) is 9.59 Å². The van der Waals surface area contributed by atoms with E-state index in [1.807, 2.05) is 37.8 Å². The molecule has 2 aliphatic rings. The molecule has 1 aromatic rings. The van der Waals surface area contributed by atoms with Gasteiger partial charge in [0.25, 0.3) is 5.91 Å². The molecule has 1 saturated heterocycles. The van der Waals surface area contributed by atoms with Crippen molar-refractivity contribution < 1.29 is 14.3 Å². The van der Waals surface area contributed by atoms with Crippen LogP contribution in [-0.2, 0) is 4.74 Å². The Morgan fingerprint density at radius 2 is 1.92 bits per heavy atom. The summed E-state index contributed by atoms with van der Waals surface area (Å²) in [5.41, 5.74) is -0.253. The molecule has 3 rings (SSSR count). The Bertz CT molecular complexity index is 713. The van der Waals surface area contributed by atoms with Gasteiger partial charge in [-0.2, -0.15) is 0 Å². The average Bonchev–Trinajstić information content (AvgIpc) is 3.27. The van der Waals surface area contributed by atoms with E-state index >= 15 is 0 Å². The number of halogens is 2. The van der Waals surface area contributed by atoms with Gasteiger partial charge in [-0.1, -0.05) is 11.6 Å². The first-order valence-electron chi connectivity index (χ1n) is 8.36. The van der Waals surface area contributed by atoms with Crippen molar-refractivity contribution in [2.24, 2.45) is 0 Å². The van der Waals surface area contributed by atoms with Crippen molar-refractivity contribution in [1.82, 2.24) is 9.80 Å². The van der Waals surface area contributed by atoms with Gasteiger partial charge < -0.3 is 14.5 Å². The molecular formula is C18H22ClIN2O3. The molecular weight excluding hydrogens is 455 g/mol. The summed E-state index contributed by atoms with van der Waals surface area (Å²) in [6.07, 6.45) is 1.50. The first-order chi connectivity index (χ1) is 11.6. The van der Waals surface area contributed by atoms with Gasteiger partial charge in [-0.15, -0.1) is 0 Å². The van der Waals surface area contributed by atoms with Crippen LogP contribution in [0.1, 0.15) is 44.0 Å². The van der Waals surface area contributed by atoms with Gasteiger partial charge in [0.2, 0.25) is 0 Å². The number of carbonyl (C=O) groups is 2. The Balaban J connectivity index is 1.75. The fraction of sp³-hybridized carbons (Fsp3) is 0.556. The molecule has 1 aliphatic heterocycles. The van der Waals surface area contributed by atoms with Crippen molar-refractivity contribution in [2.45, 2.75) is 44.8 Å². The SMILES string of the molecule is CC(C)(C)OC(=O)N1CCN(C(=O)c2cc(I)ccc2Cl)C2(CC2)C1. The zero-order valence-electron chi connectivity index (χ0n) is 14.6. The largest absolute Gasteiger partial charge is 0.444 e. The van der Waals surface area contributed by atoms with E-state index in [1.165, 1.54) is 0 Å². The molecule has 1 saturated carbocycles. The number of rotatable bonds is 1.